The molecule has 4 atom stereocenters. The number of imidazole rings is 1. The summed E-state index contributed by atoms with van der Waals surface area (Å²) in [5, 5.41) is 15.8. The van der Waals surface area contributed by atoms with Gasteiger partial charge in [-0.2, -0.15) is 12.6 Å². The van der Waals surface area contributed by atoms with E-state index < -0.39 is 60.2 Å². The second kappa shape index (κ2) is 11.8. The number of hydrogen-bond donors (Lipinski definition) is 8. The molecule has 0 aliphatic carbocycles. The van der Waals surface area contributed by atoms with E-state index in [-0.39, 0.29) is 12.2 Å². The molecule has 9 N–H and O–H groups in total. The predicted octanol–water partition coefficient (Wildman–Crippen LogP) is -3.36. The molecule has 0 saturated carbocycles. The molecule has 30 heavy (non-hydrogen) atoms. The largest absolute Gasteiger partial charge is 0.480 e. The molecule has 0 fully saturated rings. The number of carboxylic acids is 1. The van der Waals surface area contributed by atoms with Crippen molar-refractivity contribution in [2.45, 2.75) is 43.9 Å². The lowest BCUT2D eigenvalue weighted by atomic mass is 10.1. The van der Waals surface area contributed by atoms with Gasteiger partial charge >= 0.3 is 5.97 Å². The monoisotopic (exact) mass is 443 g/mol. The molecular formula is C16H25N7O6S. The summed E-state index contributed by atoms with van der Waals surface area (Å²) in [5.74, 6) is -4.79. The van der Waals surface area contributed by atoms with E-state index in [0.717, 1.165) is 0 Å². The van der Waals surface area contributed by atoms with E-state index in [1.165, 1.54) is 19.4 Å². The summed E-state index contributed by atoms with van der Waals surface area (Å²) in [6.07, 6.45) is 2.53. The molecule has 1 heterocycles. The lowest BCUT2D eigenvalue weighted by molar-refractivity contribution is -0.141. The summed E-state index contributed by atoms with van der Waals surface area (Å²) in [4.78, 5) is 65.7. The fourth-order valence-corrected chi connectivity index (χ4v) is 2.52. The van der Waals surface area contributed by atoms with E-state index >= 15 is 0 Å². The number of aromatic nitrogens is 2. The minimum absolute atomic E-state index is 0.160. The van der Waals surface area contributed by atoms with Crippen LogP contribution in [-0.4, -0.2) is 74.6 Å². The predicted molar refractivity (Wildman–Crippen MR) is 107 cm³/mol. The second-order valence-corrected chi connectivity index (χ2v) is 6.80. The van der Waals surface area contributed by atoms with E-state index in [0.29, 0.717) is 5.69 Å². The zero-order valence-corrected chi connectivity index (χ0v) is 17.0. The number of thiol groups is 1. The minimum atomic E-state index is -1.44. The highest BCUT2D eigenvalue weighted by Crippen LogP contribution is 1.99. The molecule has 0 radical (unpaired) electrons. The number of aromatic amines is 1. The number of nitrogens with zero attached hydrogens (tertiary/aromatic N) is 1. The number of rotatable bonds is 12. The van der Waals surface area contributed by atoms with Gasteiger partial charge in [0.1, 0.15) is 18.1 Å². The fourth-order valence-electron chi connectivity index (χ4n) is 2.28. The number of aliphatic carboxylic acids is 1. The van der Waals surface area contributed by atoms with Crippen molar-refractivity contribution >= 4 is 42.2 Å². The lowest BCUT2D eigenvalue weighted by Gasteiger charge is -2.22. The molecule has 14 heteroatoms. The number of amides is 4. The minimum Gasteiger partial charge on any atom is -0.480 e. The van der Waals surface area contributed by atoms with Crippen molar-refractivity contribution in [3.63, 3.8) is 0 Å². The van der Waals surface area contributed by atoms with Crippen LogP contribution in [0, 0.1) is 0 Å². The highest BCUT2D eigenvalue weighted by molar-refractivity contribution is 7.80. The molecule has 166 valence electrons. The summed E-state index contributed by atoms with van der Waals surface area (Å²) in [6, 6.07) is -4.83. The van der Waals surface area contributed by atoms with Gasteiger partial charge in [-0.25, -0.2) is 9.78 Å². The molecule has 0 bridgehead atoms. The first kappa shape index (κ1) is 24.9. The molecule has 4 amide bonds. The van der Waals surface area contributed by atoms with Crippen LogP contribution in [0.15, 0.2) is 12.5 Å². The SMILES string of the molecule is CC(NC(=O)C(N)Cc1cnc[nH]1)C(=O)NC(CC(N)=O)C(=O)NC(CS)C(=O)O. The molecule has 0 aromatic carbocycles. The van der Waals surface area contributed by atoms with Crippen molar-refractivity contribution < 1.29 is 29.1 Å². The lowest BCUT2D eigenvalue weighted by Crippen LogP contribution is -2.57. The number of primary amides is 1. The molecule has 13 nitrogen and oxygen atoms in total. The zero-order valence-electron chi connectivity index (χ0n) is 16.1. The Morgan fingerprint density at radius 3 is 2.27 bits per heavy atom. The number of H-pyrrole nitrogens is 1. The van der Waals surface area contributed by atoms with Crippen LogP contribution in [0.1, 0.15) is 19.0 Å². The number of nitrogens with two attached hydrogens (primary N) is 2. The van der Waals surface area contributed by atoms with Crippen molar-refractivity contribution in [3.8, 4) is 0 Å². The Morgan fingerprint density at radius 2 is 1.77 bits per heavy atom. The van der Waals surface area contributed by atoms with E-state index in [4.69, 9.17) is 16.6 Å². The van der Waals surface area contributed by atoms with Crippen molar-refractivity contribution in [2.75, 3.05) is 5.75 Å². The normalized spacial score (nSPS) is 14.6. The van der Waals surface area contributed by atoms with Gasteiger partial charge in [-0.05, 0) is 6.92 Å². The average Bonchev–Trinajstić information content (AvgIpc) is 3.17. The zero-order chi connectivity index (χ0) is 22.8. The van der Waals surface area contributed by atoms with Gasteiger partial charge in [0.25, 0.3) is 0 Å². The van der Waals surface area contributed by atoms with Crippen molar-refractivity contribution in [3.05, 3.63) is 18.2 Å². The molecule has 0 aliphatic rings. The smallest absolute Gasteiger partial charge is 0.327 e. The molecular weight excluding hydrogens is 418 g/mol. The van der Waals surface area contributed by atoms with Crippen LogP contribution in [0.4, 0.5) is 0 Å². The van der Waals surface area contributed by atoms with Crippen LogP contribution in [0.3, 0.4) is 0 Å². The van der Waals surface area contributed by atoms with E-state index in [1.54, 1.807) is 0 Å². The quantitative estimate of drug-likeness (QED) is 0.152. The Kier molecular flexibility index (Phi) is 9.77. The third kappa shape index (κ3) is 8.08. The summed E-state index contributed by atoms with van der Waals surface area (Å²) in [5.41, 5.74) is 11.5. The standard InChI is InChI=1S/C16H25N7O6S/c1-7(21-14(26)9(17)2-8-4-19-6-20-8)13(25)22-10(3-12(18)24)15(27)23-11(5-30)16(28)29/h4,6-7,9-11,30H,2-3,5,17H2,1H3,(H2,18,24)(H,19,20)(H,21,26)(H,22,25)(H,23,27)(H,28,29). The number of hydrogen-bond acceptors (Lipinski definition) is 8. The molecule has 1 rings (SSSR count). The summed E-state index contributed by atoms with van der Waals surface area (Å²) in [6.45, 7) is 1.35. The number of carbonyl (C=O) groups is 5. The van der Waals surface area contributed by atoms with Gasteiger partial charge in [0.05, 0.1) is 18.8 Å². The Hall–Kier alpha value is -3.13. The van der Waals surface area contributed by atoms with Gasteiger partial charge in [0.15, 0.2) is 0 Å². The number of carbonyl (C=O) groups excluding carboxylic acids is 4. The van der Waals surface area contributed by atoms with Gasteiger partial charge in [0.2, 0.25) is 23.6 Å². The number of nitrogens with one attached hydrogen (secondary N) is 4. The van der Waals surface area contributed by atoms with Crippen LogP contribution in [0.25, 0.3) is 0 Å². The Bertz CT molecular complexity index is 772. The van der Waals surface area contributed by atoms with E-state index in [2.05, 4.69) is 38.5 Å². The maximum absolute atomic E-state index is 12.4. The molecule has 1 aromatic rings. The van der Waals surface area contributed by atoms with Crippen LogP contribution >= 0.6 is 12.6 Å². The first-order valence-corrected chi connectivity index (χ1v) is 9.44. The highest BCUT2D eigenvalue weighted by atomic mass is 32.1. The van der Waals surface area contributed by atoms with Crippen LogP contribution < -0.4 is 27.4 Å². The van der Waals surface area contributed by atoms with Gasteiger partial charge in [-0.3, -0.25) is 19.2 Å². The fraction of sp³-hybridized carbons (Fsp3) is 0.500. The van der Waals surface area contributed by atoms with Gasteiger partial charge in [-0.15, -0.1) is 0 Å². The van der Waals surface area contributed by atoms with Gasteiger partial charge in [0, 0.05) is 24.1 Å². The van der Waals surface area contributed by atoms with Crippen molar-refractivity contribution in [2.24, 2.45) is 11.5 Å². The van der Waals surface area contributed by atoms with Crippen LogP contribution in [-0.2, 0) is 30.4 Å². The molecule has 0 spiro atoms. The van der Waals surface area contributed by atoms with Gasteiger partial charge < -0.3 is 37.5 Å². The Morgan fingerprint density at radius 1 is 1.13 bits per heavy atom. The third-order valence-corrected chi connectivity index (χ3v) is 4.28. The maximum Gasteiger partial charge on any atom is 0.327 e. The van der Waals surface area contributed by atoms with Crippen LogP contribution in [0.5, 0.6) is 0 Å². The summed E-state index contributed by atoms with van der Waals surface area (Å²) in [7, 11) is 0. The molecule has 0 saturated heterocycles. The number of carboxylic acid groups (broad SMARTS) is 1. The average molecular weight is 443 g/mol. The molecule has 1 aromatic heterocycles. The summed E-state index contributed by atoms with van der Waals surface area (Å²) >= 11 is 3.82. The molecule has 4 unspecified atom stereocenters. The maximum atomic E-state index is 12.4. The van der Waals surface area contributed by atoms with E-state index in [1.807, 2.05) is 0 Å². The summed E-state index contributed by atoms with van der Waals surface area (Å²) < 4.78 is 0. The van der Waals surface area contributed by atoms with E-state index in [9.17, 15) is 24.0 Å². The first-order chi connectivity index (χ1) is 14.0. The molecule has 0 aliphatic heterocycles. The van der Waals surface area contributed by atoms with Gasteiger partial charge in [-0.1, -0.05) is 0 Å². The highest BCUT2D eigenvalue weighted by Gasteiger charge is 2.29. The van der Waals surface area contributed by atoms with Crippen molar-refractivity contribution in [1.29, 1.82) is 0 Å². The third-order valence-electron chi connectivity index (χ3n) is 3.92. The Balaban J connectivity index is 2.70. The second-order valence-electron chi connectivity index (χ2n) is 6.43. The first-order valence-electron chi connectivity index (χ1n) is 8.81. The topological polar surface area (TPSA) is 222 Å². The van der Waals surface area contributed by atoms with Crippen LogP contribution in [0.2, 0.25) is 0 Å². The van der Waals surface area contributed by atoms with Crippen molar-refractivity contribution in [1.82, 2.24) is 25.9 Å². The Labute approximate surface area is 177 Å².